The lowest BCUT2D eigenvalue weighted by Crippen LogP contribution is -2.53. The summed E-state index contributed by atoms with van der Waals surface area (Å²) in [4.78, 5) is 5.09. The van der Waals surface area contributed by atoms with Crippen LogP contribution >= 0.6 is 0 Å². The second-order valence-corrected chi connectivity index (χ2v) is 8.15. The van der Waals surface area contributed by atoms with E-state index in [2.05, 4.69) is 32.1 Å². The number of hydrogen-bond donors (Lipinski definition) is 0. The molecule has 0 radical (unpaired) electrons. The summed E-state index contributed by atoms with van der Waals surface area (Å²) in [6, 6.07) is 16.3. The number of rotatable bonds is 4. The van der Waals surface area contributed by atoms with E-state index in [1.807, 2.05) is 36.4 Å². The second kappa shape index (κ2) is 6.88. The van der Waals surface area contributed by atoms with Crippen LogP contribution in [0.1, 0.15) is 32.3 Å². The molecule has 3 nitrogen and oxygen atoms in total. The van der Waals surface area contributed by atoms with Crippen LogP contribution in [0.3, 0.4) is 0 Å². The number of fused-ring (bicyclic) bond motifs is 2. The molecule has 3 aliphatic rings. The Bertz CT molecular complexity index is 876. The van der Waals surface area contributed by atoms with Crippen molar-refractivity contribution in [2.75, 3.05) is 14.2 Å². The van der Waals surface area contributed by atoms with Crippen LogP contribution in [0.2, 0.25) is 0 Å². The van der Waals surface area contributed by atoms with Crippen molar-refractivity contribution in [3.8, 4) is 11.5 Å². The molecule has 0 unspecified atom stereocenters. The van der Waals surface area contributed by atoms with Gasteiger partial charge in [-0.1, -0.05) is 26.0 Å². The lowest BCUT2D eigenvalue weighted by Gasteiger charge is -2.57. The fourth-order valence-electron chi connectivity index (χ4n) is 4.40. The molecule has 0 saturated heterocycles. The van der Waals surface area contributed by atoms with E-state index in [4.69, 9.17) is 14.5 Å². The Hall–Kier alpha value is -2.55. The third-order valence-electron chi connectivity index (χ3n) is 6.37. The van der Waals surface area contributed by atoms with Crippen LogP contribution in [0, 0.1) is 17.3 Å². The average molecular weight is 361 g/mol. The van der Waals surface area contributed by atoms with Crippen molar-refractivity contribution in [3.63, 3.8) is 0 Å². The van der Waals surface area contributed by atoms with Crippen molar-refractivity contribution in [1.82, 2.24) is 0 Å². The molecule has 2 atom stereocenters. The maximum Gasteiger partial charge on any atom is 0.119 e. The summed E-state index contributed by atoms with van der Waals surface area (Å²) in [6.45, 7) is 4.78. The van der Waals surface area contributed by atoms with Crippen LogP contribution in [0.25, 0.3) is 6.08 Å². The number of benzene rings is 2. The number of allylic oxidation sites excluding steroid dienone is 1. The Labute approximate surface area is 161 Å². The molecule has 0 amide bonds. The Kier molecular flexibility index (Phi) is 4.55. The monoisotopic (exact) mass is 361 g/mol. The van der Waals surface area contributed by atoms with Gasteiger partial charge in [-0.2, -0.15) is 0 Å². The van der Waals surface area contributed by atoms with Crippen LogP contribution < -0.4 is 9.47 Å². The molecule has 0 aliphatic heterocycles. The summed E-state index contributed by atoms with van der Waals surface area (Å²) in [5.74, 6) is 3.03. The number of methoxy groups -OCH3 is 2. The summed E-state index contributed by atoms with van der Waals surface area (Å²) in [7, 11) is 3.39. The third kappa shape index (κ3) is 3.27. The topological polar surface area (TPSA) is 30.8 Å². The molecule has 3 fully saturated rings. The number of aliphatic imine (C=N–C) groups is 1. The van der Waals surface area contributed by atoms with E-state index in [0.29, 0.717) is 11.3 Å². The maximum atomic E-state index is 5.27. The minimum Gasteiger partial charge on any atom is -0.497 e. The van der Waals surface area contributed by atoms with Gasteiger partial charge in [0.1, 0.15) is 11.5 Å². The summed E-state index contributed by atoms with van der Waals surface area (Å²) in [5.41, 5.74) is 5.16. The van der Waals surface area contributed by atoms with Crippen molar-refractivity contribution < 1.29 is 9.47 Å². The molecule has 140 valence electrons. The Morgan fingerprint density at radius 3 is 2.07 bits per heavy atom. The molecule has 2 aromatic carbocycles. The molecular weight excluding hydrogens is 334 g/mol. The molecule has 3 heteroatoms. The first kappa shape index (κ1) is 17.8. The van der Waals surface area contributed by atoms with Gasteiger partial charge in [0.2, 0.25) is 0 Å². The normalized spacial score (nSPS) is 25.9. The predicted molar refractivity (Wildman–Crippen MR) is 111 cm³/mol. The number of nitrogens with zero attached hydrogens (tertiary/aromatic N) is 1. The first-order chi connectivity index (χ1) is 13.0. The molecule has 3 saturated carbocycles. The molecule has 0 N–H and O–H groups in total. The van der Waals surface area contributed by atoms with E-state index in [0.717, 1.165) is 29.5 Å². The maximum absolute atomic E-state index is 5.27. The van der Waals surface area contributed by atoms with E-state index >= 15 is 0 Å². The van der Waals surface area contributed by atoms with Crippen LogP contribution in [0.5, 0.6) is 11.5 Å². The lowest BCUT2D eigenvalue weighted by atomic mass is 9.47. The van der Waals surface area contributed by atoms with Gasteiger partial charge >= 0.3 is 0 Å². The van der Waals surface area contributed by atoms with Gasteiger partial charge in [-0.25, -0.2) is 0 Å². The highest BCUT2D eigenvalue weighted by Crippen LogP contribution is 2.59. The highest BCUT2D eigenvalue weighted by Gasteiger charge is 2.54. The Morgan fingerprint density at radius 1 is 0.926 bits per heavy atom. The molecule has 0 aromatic heterocycles. The first-order valence-electron chi connectivity index (χ1n) is 9.59. The van der Waals surface area contributed by atoms with Crippen molar-refractivity contribution in [1.29, 1.82) is 0 Å². The molecular formula is C24H27NO2. The van der Waals surface area contributed by atoms with E-state index in [9.17, 15) is 0 Å². The van der Waals surface area contributed by atoms with Gasteiger partial charge in [0.15, 0.2) is 0 Å². The van der Waals surface area contributed by atoms with Crippen LogP contribution in [0.15, 0.2) is 59.1 Å². The van der Waals surface area contributed by atoms with Gasteiger partial charge in [0.25, 0.3) is 0 Å². The van der Waals surface area contributed by atoms with Gasteiger partial charge < -0.3 is 9.47 Å². The Morgan fingerprint density at radius 2 is 1.52 bits per heavy atom. The van der Waals surface area contributed by atoms with Crippen molar-refractivity contribution in [3.05, 3.63) is 59.7 Å². The van der Waals surface area contributed by atoms with E-state index in [1.54, 1.807) is 14.2 Å². The van der Waals surface area contributed by atoms with Gasteiger partial charge in [-0.05, 0) is 77.8 Å². The number of hydrogen-bond acceptors (Lipinski definition) is 3. The van der Waals surface area contributed by atoms with Gasteiger partial charge in [0.05, 0.1) is 19.9 Å². The zero-order chi connectivity index (χ0) is 19.0. The highest BCUT2D eigenvalue weighted by atomic mass is 16.5. The smallest absolute Gasteiger partial charge is 0.119 e. The largest absolute Gasteiger partial charge is 0.497 e. The zero-order valence-corrected chi connectivity index (χ0v) is 16.5. The third-order valence-corrected chi connectivity index (χ3v) is 6.37. The van der Waals surface area contributed by atoms with E-state index < -0.39 is 0 Å². The van der Waals surface area contributed by atoms with Crippen LogP contribution in [-0.2, 0) is 0 Å². The van der Waals surface area contributed by atoms with Gasteiger partial charge in [0, 0.05) is 11.6 Å². The minimum atomic E-state index is 0.336. The fourth-order valence-corrected chi connectivity index (χ4v) is 4.40. The second-order valence-electron chi connectivity index (χ2n) is 8.15. The van der Waals surface area contributed by atoms with Crippen LogP contribution in [-0.4, -0.2) is 19.9 Å². The Balaban J connectivity index is 1.70. The van der Waals surface area contributed by atoms with Crippen LogP contribution in [0.4, 0.5) is 5.69 Å². The van der Waals surface area contributed by atoms with Crippen molar-refractivity contribution in [2.45, 2.75) is 26.7 Å². The molecule has 3 aliphatic carbocycles. The molecule has 5 rings (SSSR count). The average Bonchev–Trinajstić information content (AvgIpc) is 2.70. The summed E-state index contributed by atoms with van der Waals surface area (Å²) in [5, 5.41) is 0. The minimum absolute atomic E-state index is 0.336. The molecule has 0 spiro atoms. The molecule has 27 heavy (non-hydrogen) atoms. The number of ether oxygens (including phenoxy) is 2. The standard InChI is InChI=1S/C24H27NO2/c1-24(2)18-14-17(13-16-5-9-20(26-3)10-6-16)23(22(24)15-18)25-19-7-11-21(27-4)12-8-19/h5-13,18,22H,14-15H2,1-4H3/b17-13+,25-23?/t18-,22-/m0/s1. The van der Waals surface area contributed by atoms with Crippen molar-refractivity contribution in [2.24, 2.45) is 22.2 Å². The molecule has 2 bridgehead atoms. The van der Waals surface area contributed by atoms with Gasteiger partial charge in [-0.3, -0.25) is 4.99 Å². The SMILES string of the molecule is COc1ccc(/C=C2\C[C@H]3C[C@@H](C2=Nc2ccc(OC)cc2)C3(C)C)cc1. The summed E-state index contributed by atoms with van der Waals surface area (Å²) in [6.07, 6.45) is 4.66. The predicted octanol–water partition coefficient (Wildman–Crippen LogP) is 5.93. The quantitative estimate of drug-likeness (QED) is 0.676. The van der Waals surface area contributed by atoms with E-state index in [1.165, 1.54) is 23.3 Å². The summed E-state index contributed by atoms with van der Waals surface area (Å²) < 4.78 is 10.5. The van der Waals surface area contributed by atoms with Gasteiger partial charge in [-0.15, -0.1) is 0 Å². The fraction of sp³-hybridized carbons (Fsp3) is 0.375. The summed E-state index contributed by atoms with van der Waals surface area (Å²) >= 11 is 0. The lowest BCUT2D eigenvalue weighted by molar-refractivity contribution is 0.0144. The van der Waals surface area contributed by atoms with Crippen molar-refractivity contribution >= 4 is 17.5 Å². The highest BCUT2D eigenvalue weighted by molar-refractivity contribution is 6.08. The molecule has 2 aromatic rings. The molecule has 0 heterocycles. The first-order valence-corrected chi connectivity index (χ1v) is 9.59. The zero-order valence-electron chi connectivity index (χ0n) is 16.5. The van der Waals surface area contributed by atoms with E-state index in [-0.39, 0.29) is 0 Å².